The molecule has 0 spiro atoms. The van der Waals surface area contributed by atoms with Crippen LogP contribution < -0.4 is 0 Å². The number of hydrogen-bond acceptors (Lipinski definition) is 1. The van der Waals surface area contributed by atoms with Gasteiger partial charge in [0.1, 0.15) is 0 Å². The quantitative estimate of drug-likeness (QED) is 0.354. The van der Waals surface area contributed by atoms with E-state index in [-0.39, 0.29) is 0 Å². The summed E-state index contributed by atoms with van der Waals surface area (Å²) in [5.74, 6) is 0. The maximum atomic E-state index is 8.71. The summed E-state index contributed by atoms with van der Waals surface area (Å²) in [5.41, 5.74) is 0. The van der Waals surface area contributed by atoms with Crippen LogP contribution in [-0.4, -0.2) is 14.6 Å². The van der Waals surface area contributed by atoms with E-state index in [2.05, 4.69) is 24.3 Å². The van der Waals surface area contributed by atoms with Crippen molar-refractivity contribution in [2.24, 2.45) is 0 Å². The van der Waals surface area contributed by atoms with Gasteiger partial charge in [0.25, 0.3) is 0 Å². The van der Waals surface area contributed by atoms with Crippen LogP contribution in [0.5, 0.6) is 0 Å². The molecule has 0 heterocycles. The Labute approximate surface area is 90.9 Å². The molecule has 0 aromatic heterocycles. The smallest absolute Gasteiger partial charge is 0.156 e. The van der Waals surface area contributed by atoms with E-state index in [0.29, 0.717) is 0 Å². The van der Waals surface area contributed by atoms with E-state index in [1.807, 2.05) is 6.92 Å². The van der Waals surface area contributed by atoms with Crippen molar-refractivity contribution >= 4 is 9.76 Å². The fraction of sp³-hybridized carbons (Fsp3) is 0.667. The second-order valence-corrected chi connectivity index (χ2v) is 4.74. The van der Waals surface area contributed by atoms with E-state index in [0.717, 1.165) is 6.04 Å². The Morgan fingerprint density at radius 3 is 2.43 bits per heavy atom. The molecule has 1 nitrogen and oxygen atoms in total. The second kappa shape index (κ2) is 12.7. The minimum atomic E-state index is -0.658. The summed E-state index contributed by atoms with van der Waals surface area (Å²) in [6, 6.07) is 1.11. The first-order chi connectivity index (χ1) is 6.91. The molecular formula is C12H24OSi. The fourth-order valence-corrected chi connectivity index (χ4v) is 1.94. The highest BCUT2D eigenvalue weighted by atomic mass is 28.2. The van der Waals surface area contributed by atoms with Crippen molar-refractivity contribution in [3.63, 3.8) is 0 Å². The van der Waals surface area contributed by atoms with Gasteiger partial charge in [-0.3, -0.25) is 0 Å². The zero-order valence-electron chi connectivity index (χ0n) is 9.41. The highest BCUT2D eigenvalue weighted by Crippen LogP contribution is 2.07. The van der Waals surface area contributed by atoms with Gasteiger partial charge in [0.15, 0.2) is 9.76 Å². The van der Waals surface area contributed by atoms with Crippen LogP contribution in [0.3, 0.4) is 0 Å². The van der Waals surface area contributed by atoms with Crippen LogP contribution in [0.1, 0.15) is 45.4 Å². The van der Waals surface area contributed by atoms with E-state index >= 15 is 0 Å². The Kier molecular flexibility index (Phi) is 12.3. The lowest BCUT2D eigenvalue weighted by atomic mass is 10.1. The van der Waals surface area contributed by atoms with Crippen LogP contribution in [-0.2, 0) is 0 Å². The van der Waals surface area contributed by atoms with Crippen molar-refractivity contribution < 1.29 is 4.80 Å². The molecule has 82 valence electrons. The second-order valence-electron chi connectivity index (χ2n) is 3.59. The maximum absolute atomic E-state index is 8.71. The van der Waals surface area contributed by atoms with E-state index in [4.69, 9.17) is 4.80 Å². The Balaban J connectivity index is 2.98. The third-order valence-electron chi connectivity index (χ3n) is 2.22. The van der Waals surface area contributed by atoms with Gasteiger partial charge in [-0.05, 0) is 25.8 Å². The van der Waals surface area contributed by atoms with Crippen LogP contribution in [0.15, 0.2) is 24.3 Å². The van der Waals surface area contributed by atoms with Crippen molar-refractivity contribution in [3.05, 3.63) is 24.3 Å². The molecule has 0 amide bonds. The Hall–Kier alpha value is -0.343. The molecule has 0 bridgehead atoms. The molecule has 0 aliphatic rings. The first-order valence-electron chi connectivity index (χ1n) is 5.80. The third kappa shape index (κ3) is 11.7. The molecule has 0 aromatic carbocycles. The normalized spacial score (nSPS) is 12.7. The van der Waals surface area contributed by atoms with Crippen molar-refractivity contribution in [2.75, 3.05) is 0 Å². The lowest BCUT2D eigenvalue weighted by molar-refractivity contribution is 0.583. The molecule has 0 rings (SSSR count). The van der Waals surface area contributed by atoms with Crippen LogP contribution >= 0.6 is 0 Å². The van der Waals surface area contributed by atoms with E-state index in [1.165, 1.54) is 38.5 Å². The molecule has 2 heteroatoms. The molecule has 0 saturated heterocycles. The van der Waals surface area contributed by atoms with Gasteiger partial charge in [0, 0.05) is 0 Å². The summed E-state index contributed by atoms with van der Waals surface area (Å²) in [6.07, 6.45) is 16.2. The van der Waals surface area contributed by atoms with Gasteiger partial charge in [-0.1, -0.05) is 50.0 Å². The topological polar surface area (TPSA) is 20.2 Å². The minimum absolute atomic E-state index is 0.658. The van der Waals surface area contributed by atoms with Gasteiger partial charge in [-0.15, -0.1) is 0 Å². The largest absolute Gasteiger partial charge is 0.438 e. The van der Waals surface area contributed by atoms with E-state index < -0.39 is 9.76 Å². The van der Waals surface area contributed by atoms with Crippen LogP contribution in [0.25, 0.3) is 0 Å². The summed E-state index contributed by atoms with van der Waals surface area (Å²) in [7, 11) is -0.658. The third-order valence-corrected chi connectivity index (χ3v) is 3.03. The van der Waals surface area contributed by atoms with Gasteiger partial charge in [-0.2, -0.15) is 0 Å². The lowest BCUT2D eigenvalue weighted by Gasteiger charge is -1.97. The number of rotatable bonds is 9. The molecular weight excluding hydrogens is 188 g/mol. The molecule has 0 aliphatic carbocycles. The average Bonchev–Trinajstić information content (AvgIpc) is 2.21. The number of hydrogen-bond donors (Lipinski definition) is 1. The summed E-state index contributed by atoms with van der Waals surface area (Å²) >= 11 is 0. The van der Waals surface area contributed by atoms with Crippen molar-refractivity contribution in [2.45, 2.75) is 51.5 Å². The number of allylic oxidation sites excluding steroid dienone is 4. The average molecular weight is 212 g/mol. The van der Waals surface area contributed by atoms with Gasteiger partial charge < -0.3 is 4.80 Å². The molecule has 0 radical (unpaired) electrons. The summed E-state index contributed by atoms with van der Waals surface area (Å²) in [4.78, 5) is 8.71. The SMILES string of the molecule is CC=CC=CCCCCCCC[SiH2]O. The molecule has 0 fully saturated rings. The van der Waals surface area contributed by atoms with Crippen molar-refractivity contribution in [3.8, 4) is 0 Å². The fourth-order valence-electron chi connectivity index (χ4n) is 1.37. The van der Waals surface area contributed by atoms with Crippen LogP contribution in [0.4, 0.5) is 0 Å². The molecule has 0 saturated carbocycles. The van der Waals surface area contributed by atoms with Gasteiger partial charge in [0.05, 0.1) is 0 Å². The van der Waals surface area contributed by atoms with Crippen molar-refractivity contribution in [1.82, 2.24) is 0 Å². The highest BCUT2D eigenvalue weighted by Gasteiger charge is 1.89. The lowest BCUT2D eigenvalue weighted by Crippen LogP contribution is -1.86. The standard InChI is InChI=1S/C12H24OSi/c1-2-3-4-5-6-7-8-9-10-11-12-14-13/h2-5,13H,6-12,14H2,1H3. The van der Waals surface area contributed by atoms with E-state index in [1.54, 1.807) is 0 Å². The molecule has 0 atom stereocenters. The summed E-state index contributed by atoms with van der Waals surface area (Å²) in [5, 5.41) is 0. The van der Waals surface area contributed by atoms with E-state index in [9.17, 15) is 0 Å². The van der Waals surface area contributed by atoms with Crippen molar-refractivity contribution in [1.29, 1.82) is 0 Å². The van der Waals surface area contributed by atoms with Crippen LogP contribution in [0, 0.1) is 0 Å². The zero-order chi connectivity index (χ0) is 10.5. The highest BCUT2D eigenvalue weighted by molar-refractivity contribution is 6.25. The summed E-state index contributed by atoms with van der Waals surface area (Å²) in [6.45, 7) is 2.04. The Morgan fingerprint density at radius 2 is 1.71 bits per heavy atom. The zero-order valence-corrected chi connectivity index (χ0v) is 10.8. The van der Waals surface area contributed by atoms with Gasteiger partial charge >= 0.3 is 0 Å². The molecule has 14 heavy (non-hydrogen) atoms. The monoisotopic (exact) mass is 212 g/mol. The first kappa shape index (κ1) is 13.7. The molecule has 0 aromatic rings. The Bertz CT molecular complexity index is 152. The first-order valence-corrected chi connectivity index (χ1v) is 7.43. The van der Waals surface area contributed by atoms with Gasteiger partial charge in [-0.25, -0.2) is 0 Å². The molecule has 0 aliphatic heterocycles. The minimum Gasteiger partial charge on any atom is -0.438 e. The Morgan fingerprint density at radius 1 is 1.00 bits per heavy atom. The molecule has 1 N–H and O–H groups in total. The maximum Gasteiger partial charge on any atom is 0.156 e. The molecule has 0 unspecified atom stereocenters. The summed E-state index contributed by atoms with van der Waals surface area (Å²) < 4.78 is 0. The predicted octanol–water partition coefficient (Wildman–Crippen LogP) is 2.95. The van der Waals surface area contributed by atoms with Gasteiger partial charge in [0.2, 0.25) is 0 Å². The predicted molar refractivity (Wildman–Crippen MR) is 67.2 cm³/mol. The number of unbranched alkanes of at least 4 members (excludes halogenated alkanes) is 5. The van der Waals surface area contributed by atoms with Crippen LogP contribution in [0.2, 0.25) is 6.04 Å².